The number of rotatable bonds is 6. The first-order valence-electron chi connectivity index (χ1n) is 10.7. The van der Waals surface area contributed by atoms with Crippen LogP contribution in [0.2, 0.25) is 0 Å². The summed E-state index contributed by atoms with van der Waals surface area (Å²) in [4.78, 5) is 38.6. The van der Waals surface area contributed by atoms with E-state index in [1.165, 1.54) is 4.57 Å². The summed E-state index contributed by atoms with van der Waals surface area (Å²) in [5, 5.41) is 9.72. The van der Waals surface area contributed by atoms with Crippen molar-refractivity contribution in [2.45, 2.75) is 19.0 Å². The molecule has 0 amide bonds. The lowest BCUT2D eigenvalue weighted by molar-refractivity contribution is -0.138. The van der Waals surface area contributed by atoms with Crippen LogP contribution in [-0.2, 0) is 11.3 Å². The largest absolute Gasteiger partial charge is 0.481 e. The highest BCUT2D eigenvalue weighted by Crippen LogP contribution is 2.39. The molecule has 3 aromatic carbocycles. The normalized spacial score (nSPS) is 17.4. The van der Waals surface area contributed by atoms with E-state index >= 15 is 0 Å². The molecule has 7 heteroatoms. The first kappa shape index (κ1) is 21.4. The molecule has 0 aliphatic heterocycles. The summed E-state index contributed by atoms with van der Waals surface area (Å²) in [6.07, 6.45) is 0.471. The third-order valence-electron chi connectivity index (χ3n) is 6.28. The van der Waals surface area contributed by atoms with Crippen molar-refractivity contribution in [3.05, 3.63) is 115 Å². The molecule has 1 fully saturated rings. The maximum absolute atomic E-state index is 13.9. The van der Waals surface area contributed by atoms with Crippen molar-refractivity contribution in [2.24, 2.45) is 11.8 Å². The maximum atomic E-state index is 13.9. The van der Waals surface area contributed by atoms with Crippen LogP contribution in [0.15, 0.2) is 92.9 Å². The lowest BCUT2D eigenvalue weighted by Gasteiger charge is -2.24. The molecule has 33 heavy (non-hydrogen) atoms. The van der Waals surface area contributed by atoms with Gasteiger partial charge in [0.1, 0.15) is 0 Å². The smallest absolute Gasteiger partial charge is 0.332 e. The number of aromatic nitrogens is 2. The van der Waals surface area contributed by atoms with Gasteiger partial charge in [0.2, 0.25) is 0 Å². The zero-order valence-electron chi connectivity index (χ0n) is 17.6. The van der Waals surface area contributed by atoms with Crippen LogP contribution in [0.5, 0.6) is 0 Å². The van der Waals surface area contributed by atoms with Crippen LogP contribution in [-0.4, -0.2) is 20.2 Å². The van der Waals surface area contributed by atoms with Gasteiger partial charge in [-0.1, -0.05) is 76.6 Å². The van der Waals surface area contributed by atoms with Crippen molar-refractivity contribution in [2.75, 3.05) is 0 Å². The van der Waals surface area contributed by atoms with Crippen LogP contribution >= 0.6 is 15.9 Å². The van der Waals surface area contributed by atoms with Crippen LogP contribution in [0.4, 0.5) is 0 Å². The molecule has 0 spiro atoms. The first-order chi connectivity index (χ1) is 16.0. The molecule has 1 aromatic heterocycles. The number of carbonyl (C=O) groups is 1. The lowest BCUT2D eigenvalue weighted by atomic mass is 9.98. The first-order valence-corrected chi connectivity index (χ1v) is 11.5. The molecule has 1 saturated carbocycles. The molecule has 2 atom stereocenters. The molecule has 1 N–H and O–H groups in total. The molecular formula is C26H21BrN2O4. The van der Waals surface area contributed by atoms with Crippen molar-refractivity contribution in [3.63, 3.8) is 0 Å². The molecule has 6 nitrogen and oxygen atoms in total. The van der Waals surface area contributed by atoms with Gasteiger partial charge in [0, 0.05) is 11.0 Å². The Morgan fingerprint density at radius 3 is 2.12 bits per heavy atom. The molecular weight excluding hydrogens is 484 g/mol. The van der Waals surface area contributed by atoms with Crippen molar-refractivity contribution in [1.29, 1.82) is 0 Å². The van der Waals surface area contributed by atoms with Gasteiger partial charge in [-0.05, 0) is 41.7 Å². The number of aliphatic carboxylic acids is 1. The molecule has 5 rings (SSSR count). The molecule has 1 heterocycles. The quantitative estimate of drug-likeness (QED) is 0.424. The van der Waals surface area contributed by atoms with E-state index in [-0.39, 0.29) is 12.5 Å². The number of hydrogen-bond acceptors (Lipinski definition) is 3. The van der Waals surface area contributed by atoms with E-state index in [1.807, 2.05) is 66.7 Å². The van der Waals surface area contributed by atoms with Crippen molar-refractivity contribution >= 4 is 32.8 Å². The van der Waals surface area contributed by atoms with E-state index in [0.29, 0.717) is 17.3 Å². The van der Waals surface area contributed by atoms with E-state index < -0.39 is 29.2 Å². The van der Waals surface area contributed by atoms with Gasteiger partial charge in [-0.25, -0.2) is 4.79 Å². The average molecular weight is 505 g/mol. The fourth-order valence-electron chi connectivity index (χ4n) is 4.51. The van der Waals surface area contributed by atoms with Gasteiger partial charge in [0.15, 0.2) is 0 Å². The van der Waals surface area contributed by atoms with E-state index in [2.05, 4.69) is 15.9 Å². The number of carboxylic acids is 1. The Morgan fingerprint density at radius 1 is 0.970 bits per heavy atom. The van der Waals surface area contributed by atoms with Gasteiger partial charge in [-0.3, -0.25) is 18.7 Å². The minimum atomic E-state index is -0.886. The Bertz CT molecular complexity index is 1420. The second-order valence-electron chi connectivity index (χ2n) is 8.39. The Kier molecular flexibility index (Phi) is 5.50. The monoisotopic (exact) mass is 504 g/mol. The summed E-state index contributed by atoms with van der Waals surface area (Å²) in [7, 11) is 0. The number of hydrogen-bond donors (Lipinski definition) is 1. The van der Waals surface area contributed by atoms with Crippen LogP contribution in [0, 0.1) is 11.8 Å². The predicted octanol–water partition coefficient (Wildman–Crippen LogP) is 4.28. The molecule has 1 aliphatic rings. The third-order valence-corrected chi connectivity index (χ3v) is 6.77. The van der Waals surface area contributed by atoms with E-state index in [0.717, 1.165) is 15.6 Å². The molecule has 1 aliphatic carbocycles. The number of benzene rings is 3. The second-order valence-corrected chi connectivity index (χ2v) is 9.31. The topological polar surface area (TPSA) is 81.3 Å². The SMILES string of the molecule is O=C(O)C1CC1Cn1c(=O)c2cc(Br)ccc2n(C(c2ccccc2)c2ccccc2)c1=O. The summed E-state index contributed by atoms with van der Waals surface area (Å²) in [5.41, 5.74) is 1.52. The minimum absolute atomic E-state index is 0.0907. The van der Waals surface area contributed by atoms with Crippen LogP contribution < -0.4 is 11.2 Å². The molecule has 2 unspecified atom stereocenters. The Balaban J connectivity index is 1.80. The van der Waals surface area contributed by atoms with Gasteiger partial charge < -0.3 is 5.11 Å². The van der Waals surface area contributed by atoms with Crippen LogP contribution in [0.1, 0.15) is 23.6 Å². The summed E-state index contributed by atoms with van der Waals surface area (Å²) in [5.74, 6) is -1.62. The van der Waals surface area contributed by atoms with E-state index in [9.17, 15) is 19.5 Å². The van der Waals surface area contributed by atoms with Gasteiger partial charge in [0.05, 0.1) is 22.9 Å². The summed E-state index contributed by atoms with van der Waals surface area (Å²) >= 11 is 3.44. The summed E-state index contributed by atoms with van der Waals surface area (Å²) < 4.78 is 3.60. The zero-order chi connectivity index (χ0) is 23.1. The molecule has 4 aromatic rings. The lowest BCUT2D eigenvalue weighted by Crippen LogP contribution is -2.42. The van der Waals surface area contributed by atoms with E-state index in [4.69, 9.17) is 0 Å². The zero-order valence-corrected chi connectivity index (χ0v) is 19.2. The van der Waals surface area contributed by atoms with Crippen LogP contribution in [0.3, 0.4) is 0 Å². The maximum Gasteiger partial charge on any atom is 0.332 e. The van der Waals surface area contributed by atoms with Gasteiger partial charge in [0.25, 0.3) is 5.56 Å². The van der Waals surface area contributed by atoms with E-state index in [1.54, 1.807) is 16.7 Å². The molecule has 0 radical (unpaired) electrons. The number of fused-ring (bicyclic) bond motifs is 1. The molecule has 0 saturated heterocycles. The van der Waals surface area contributed by atoms with Crippen LogP contribution in [0.25, 0.3) is 10.9 Å². The third kappa shape index (κ3) is 3.93. The fraction of sp³-hybridized carbons (Fsp3) is 0.192. The Labute approximate surface area is 197 Å². The van der Waals surface area contributed by atoms with Gasteiger partial charge >= 0.3 is 11.7 Å². The highest BCUT2D eigenvalue weighted by Gasteiger charge is 2.44. The van der Waals surface area contributed by atoms with Crippen molar-refractivity contribution < 1.29 is 9.90 Å². The number of carboxylic acid groups (broad SMARTS) is 1. The average Bonchev–Trinajstić information content (AvgIpc) is 3.60. The van der Waals surface area contributed by atoms with Gasteiger partial charge in [-0.15, -0.1) is 0 Å². The number of nitrogens with zero attached hydrogens (tertiary/aromatic N) is 2. The van der Waals surface area contributed by atoms with Gasteiger partial charge in [-0.2, -0.15) is 0 Å². The Morgan fingerprint density at radius 2 is 1.58 bits per heavy atom. The predicted molar refractivity (Wildman–Crippen MR) is 130 cm³/mol. The fourth-order valence-corrected chi connectivity index (χ4v) is 4.87. The standard InChI is InChI=1S/C26H21BrN2O4/c27-19-11-12-22-21(14-19)24(30)28(15-18-13-20(18)25(31)32)26(33)29(22)23(16-7-3-1-4-8-16)17-9-5-2-6-10-17/h1-12,14,18,20,23H,13,15H2,(H,31,32). The highest BCUT2D eigenvalue weighted by molar-refractivity contribution is 9.10. The highest BCUT2D eigenvalue weighted by atomic mass is 79.9. The minimum Gasteiger partial charge on any atom is -0.481 e. The summed E-state index contributed by atoms with van der Waals surface area (Å²) in [6, 6.07) is 24.3. The second kappa shape index (κ2) is 8.48. The van der Waals surface area contributed by atoms with Crippen molar-refractivity contribution in [3.8, 4) is 0 Å². The Hall–Kier alpha value is -3.45. The molecule has 0 bridgehead atoms. The van der Waals surface area contributed by atoms with Crippen molar-refractivity contribution in [1.82, 2.24) is 9.13 Å². The number of halogens is 1. The molecule has 166 valence electrons. The summed E-state index contributed by atoms with van der Waals surface area (Å²) in [6.45, 7) is 0.0907.